The fourth-order valence-corrected chi connectivity index (χ4v) is 2.56. The average Bonchev–Trinajstić information content (AvgIpc) is 2.57. The molecule has 23 heavy (non-hydrogen) atoms. The molecule has 1 N–H and O–H groups in total. The second-order valence-corrected chi connectivity index (χ2v) is 5.15. The van der Waals surface area contributed by atoms with Crippen LogP contribution in [0.3, 0.4) is 0 Å². The maximum atomic E-state index is 11.4. The Morgan fingerprint density at radius 2 is 1.65 bits per heavy atom. The first-order valence-electron chi connectivity index (χ1n) is 7.17. The van der Waals surface area contributed by atoms with Gasteiger partial charge in [0.15, 0.2) is 11.5 Å². The second-order valence-electron chi connectivity index (χ2n) is 5.15. The lowest BCUT2D eigenvalue weighted by atomic mass is 10.00. The van der Waals surface area contributed by atoms with Gasteiger partial charge in [-0.3, -0.25) is 4.79 Å². The van der Waals surface area contributed by atoms with Crippen LogP contribution in [0.4, 0.5) is 0 Å². The molecule has 0 aromatic heterocycles. The molecule has 3 rings (SSSR count). The van der Waals surface area contributed by atoms with Gasteiger partial charge in [-0.2, -0.15) is 0 Å². The van der Waals surface area contributed by atoms with Gasteiger partial charge in [0.25, 0.3) is 0 Å². The first-order valence-corrected chi connectivity index (χ1v) is 7.17. The molecule has 0 amide bonds. The SMILES string of the molecule is COc1cc(OC(C)=O)c2cc(-c3ccccc3)ccc2c1O. The molecule has 0 radical (unpaired) electrons. The van der Waals surface area contributed by atoms with E-state index < -0.39 is 5.97 Å². The van der Waals surface area contributed by atoms with E-state index in [-0.39, 0.29) is 11.5 Å². The maximum absolute atomic E-state index is 11.4. The van der Waals surface area contributed by atoms with Gasteiger partial charge in [0.2, 0.25) is 0 Å². The van der Waals surface area contributed by atoms with Crippen molar-refractivity contribution in [2.24, 2.45) is 0 Å². The summed E-state index contributed by atoms with van der Waals surface area (Å²) in [5.41, 5.74) is 2.01. The highest BCUT2D eigenvalue weighted by Gasteiger charge is 2.15. The zero-order valence-corrected chi connectivity index (χ0v) is 12.9. The molecule has 0 saturated heterocycles. The molecule has 0 fully saturated rings. The van der Waals surface area contributed by atoms with Crippen molar-refractivity contribution in [1.82, 2.24) is 0 Å². The van der Waals surface area contributed by atoms with Crippen molar-refractivity contribution in [3.05, 3.63) is 54.6 Å². The third kappa shape index (κ3) is 2.83. The smallest absolute Gasteiger partial charge is 0.308 e. The maximum Gasteiger partial charge on any atom is 0.308 e. The molecular weight excluding hydrogens is 292 g/mol. The number of hydrogen-bond donors (Lipinski definition) is 1. The minimum absolute atomic E-state index is 0.0259. The van der Waals surface area contributed by atoms with Crippen LogP contribution in [-0.2, 0) is 4.79 Å². The Morgan fingerprint density at radius 3 is 2.30 bits per heavy atom. The number of carbonyl (C=O) groups is 1. The summed E-state index contributed by atoms with van der Waals surface area (Å²) in [6.45, 7) is 1.34. The van der Waals surface area contributed by atoms with Crippen molar-refractivity contribution in [3.63, 3.8) is 0 Å². The van der Waals surface area contributed by atoms with E-state index >= 15 is 0 Å². The molecule has 0 atom stereocenters. The molecule has 116 valence electrons. The normalized spacial score (nSPS) is 10.5. The molecule has 3 aromatic rings. The van der Waals surface area contributed by atoms with E-state index in [0.717, 1.165) is 11.1 Å². The number of esters is 1. The predicted molar refractivity (Wildman–Crippen MR) is 88.9 cm³/mol. The number of phenols is 1. The van der Waals surface area contributed by atoms with Gasteiger partial charge in [0.1, 0.15) is 5.75 Å². The van der Waals surface area contributed by atoms with Gasteiger partial charge in [0.05, 0.1) is 7.11 Å². The molecule has 0 bridgehead atoms. The summed E-state index contributed by atoms with van der Waals surface area (Å²) >= 11 is 0. The van der Waals surface area contributed by atoms with E-state index in [9.17, 15) is 9.90 Å². The zero-order chi connectivity index (χ0) is 16.4. The van der Waals surface area contributed by atoms with Gasteiger partial charge in [-0.1, -0.05) is 36.4 Å². The molecule has 0 aliphatic carbocycles. The number of aromatic hydroxyl groups is 1. The van der Waals surface area contributed by atoms with Gasteiger partial charge >= 0.3 is 5.97 Å². The molecule has 4 heteroatoms. The Morgan fingerprint density at radius 1 is 0.913 bits per heavy atom. The minimum Gasteiger partial charge on any atom is -0.504 e. The monoisotopic (exact) mass is 308 g/mol. The van der Waals surface area contributed by atoms with Crippen molar-refractivity contribution in [3.8, 4) is 28.4 Å². The summed E-state index contributed by atoms with van der Waals surface area (Å²) in [7, 11) is 1.46. The highest BCUT2D eigenvalue weighted by Crippen LogP contribution is 2.42. The van der Waals surface area contributed by atoms with Crippen LogP contribution in [0.5, 0.6) is 17.2 Å². The summed E-state index contributed by atoms with van der Waals surface area (Å²) in [6, 6.07) is 17.0. The van der Waals surface area contributed by atoms with E-state index in [1.54, 1.807) is 6.07 Å². The first kappa shape index (κ1) is 14.9. The van der Waals surface area contributed by atoms with Crippen LogP contribution in [0, 0.1) is 0 Å². The van der Waals surface area contributed by atoms with Gasteiger partial charge in [-0.05, 0) is 23.3 Å². The van der Waals surface area contributed by atoms with Gasteiger partial charge in [-0.25, -0.2) is 0 Å². The Labute approximate surface area is 133 Å². The Bertz CT molecular complexity index is 869. The molecule has 0 saturated carbocycles. The van der Waals surface area contributed by atoms with Crippen LogP contribution in [0.2, 0.25) is 0 Å². The zero-order valence-electron chi connectivity index (χ0n) is 12.9. The molecule has 0 aliphatic rings. The fourth-order valence-electron chi connectivity index (χ4n) is 2.56. The number of carbonyl (C=O) groups excluding carboxylic acids is 1. The van der Waals surface area contributed by atoms with E-state index in [4.69, 9.17) is 9.47 Å². The number of ether oxygens (including phenoxy) is 2. The lowest BCUT2D eigenvalue weighted by molar-refractivity contribution is -0.131. The summed E-state index contributed by atoms with van der Waals surface area (Å²) < 4.78 is 10.4. The van der Waals surface area contributed by atoms with E-state index in [1.807, 2.05) is 42.5 Å². The number of hydrogen-bond acceptors (Lipinski definition) is 4. The van der Waals surface area contributed by atoms with Gasteiger partial charge in [-0.15, -0.1) is 0 Å². The van der Waals surface area contributed by atoms with Crippen LogP contribution in [0.15, 0.2) is 54.6 Å². The van der Waals surface area contributed by atoms with Gasteiger partial charge in [0, 0.05) is 23.8 Å². The quantitative estimate of drug-likeness (QED) is 0.583. The standard InChI is InChI=1S/C19H16O4/c1-12(20)23-17-11-18(22-2)19(21)15-9-8-14(10-16(15)17)13-6-4-3-5-7-13/h3-11,21H,1-2H3. The number of benzene rings is 3. The van der Waals surface area contributed by atoms with Crippen LogP contribution < -0.4 is 9.47 Å². The number of rotatable bonds is 3. The molecular formula is C19H16O4. The Hall–Kier alpha value is -3.01. The van der Waals surface area contributed by atoms with Crippen LogP contribution >= 0.6 is 0 Å². The molecule has 0 spiro atoms. The van der Waals surface area contributed by atoms with Crippen molar-refractivity contribution in [2.45, 2.75) is 6.92 Å². The number of phenolic OH excluding ortho intramolecular Hbond substituents is 1. The van der Waals surface area contributed by atoms with Crippen molar-refractivity contribution in [1.29, 1.82) is 0 Å². The lowest BCUT2D eigenvalue weighted by Gasteiger charge is -2.13. The molecule has 0 heterocycles. The third-order valence-corrected chi connectivity index (χ3v) is 3.62. The molecule has 0 unspecified atom stereocenters. The topological polar surface area (TPSA) is 55.8 Å². The summed E-state index contributed by atoms with van der Waals surface area (Å²) in [5.74, 6) is 0.225. The van der Waals surface area contributed by atoms with Crippen molar-refractivity contribution in [2.75, 3.05) is 7.11 Å². The first-order chi connectivity index (χ1) is 11.1. The Balaban J connectivity index is 2.26. The lowest BCUT2D eigenvalue weighted by Crippen LogP contribution is -2.02. The largest absolute Gasteiger partial charge is 0.504 e. The number of fused-ring (bicyclic) bond motifs is 1. The fraction of sp³-hybridized carbons (Fsp3) is 0.105. The van der Waals surface area contributed by atoms with Crippen LogP contribution in [0.1, 0.15) is 6.92 Å². The van der Waals surface area contributed by atoms with Gasteiger partial charge < -0.3 is 14.6 Å². The highest BCUT2D eigenvalue weighted by molar-refractivity contribution is 5.99. The van der Waals surface area contributed by atoms with E-state index in [1.165, 1.54) is 20.1 Å². The average molecular weight is 308 g/mol. The molecule has 4 nitrogen and oxygen atoms in total. The highest BCUT2D eigenvalue weighted by atomic mass is 16.5. The van der Waals surface area contributed by atoms with Crippen molar-refractivity contribution < 1.29 is 19.4 Å². The second kappa shape index (κ2) is 6.01. The van der Waals surface area contributed by atoms with Crippen LogP contribution in [-0.4, -0.2) is 18.2 Å². The van der Waals surface area contributed by atoms with E-state index in [0.29, 0.717) is 16.5 Å². The van der Waals surface area contributed by atoms with Crippen molar-refractivity contribution >= 4 is 16.7 Å². The molecule has 0 aliphatic heterocycles. The van der Waals surface area contributed by atoms with Crippen LogP contribution in [0.25, 0.3) is 21.9 Å². The summed E-state index contributed by atoms with van der Waals surface area (Å²) in [5, 5.41) is 11.5. The minimum atomic E-state index is -0.427. The molecule has 3 aromatic carbocycles. The van der Waals surface area contributed by atoms with E-state index in [2.05, 4.69) is 0 Å². The Kier molecular flexibility index (Phi) is 3.89. The predicted octanol–water partition coefficient (Wildman–Crippen LogP) is 4.15. The third-order valence-electron chi connectivity index (χ3n) is 3.62. The summed E-state index contributed by atoms with van der Waals surface area (Å²) in [6.07, 6.45) is 0. The number of methoxy groups -OCH3 is 1. The summed E-state index contributed by atoms with van der Waals surface area (Å²) in [4.78, 5) is 11.4.